The van der Waals surface area contributed by atoms with Crippen LogP contribution in [-0.2, 0) is 0 Å². The Morgan fingerprint density at radius 2 is 2.21 bits per heavy atom. The summed E-state index contributed by atoms with van der Waals surface area (Å²) >= 11 is 1.56. The van der Waals surface area contributed by atoms with Crippen LogP contribution in [0, 0.1) is 20.7 Å². The van der Waals surface area contributed by atoms with Crippen molar-refractivity contribution in [3.63, 3.8) is 0 Å². The molecule has 0 spiro atoms. The normalized spacial score (nSPS) is 10.6. The summed E-state index contributed by atoms with van der Waals surface area (Å²) in [6.07, 6.45) is -2.88. The van der Waals surface area contributed by atoms with Crippen molar-refractivity contribution >= 4 is 28.3 Å². The van der Waals surface area contributed by atoms with E-state index in [-0.39, 0.29) is 3.70 Å². The first kappa shape index (κ1) is 11.2. The molecule has 0 bridgehead atoms. The van der Waals surface area contributed by atoms with Crippen molar-refractivity contribution in [1.82, 2.24) is 4.98 Å². The standard InChI is InChI=1S/C7H5F2IN2O2/c1-3-2-4(12(13)14)5(6(8)9)7(10)11-3/h2,6H,1H3. The van der Waals surface area contributed by atoms with Crippen LogP contribution in [0.1, 0.15) is 17.7 Å². The van der Waals surface area contributed by atoms with Crippen molar-refractivity contribution in [2.24, 2.45) is 0 Å². The van der Waals surface area contributed by atoms with E-state index < -0.39 is 22.6 Å². The van der Waals surface area contributed by atoms with Gasteiger partial charge in [0.15, 0.2) is 0 Å². The van der Waals surface area contributed by atoms with Crippen molar-refractivity contribution in [2.75, 3.05) is 0 Å². The quantitative estimate of drug-likeness (QED) is 0.365. The van der Waals surface area contributed by atoms with Gasteiger partial charge < -0.3 is 0 Å². The monoisotopic (exact) mass is 314 g/mol. The number of hydrogen-bond donors (Lipinski definition) is 0. The van der Waals surface area contributed by atoms with Gasteiger partial charge in [0.2, 0.25) is 0 Å². The molecule has 0 aliphatic carbocycles. The van der Waals surface area contributed by atoms with Crippen molar-refractivity contribution in [2.45, 2.75) is 13.3 Å². The fraction of sp³-hybridized carbons (Fsp3) is 0.286. The zero-order chi connectivity index (χ0) is 10.9. The van der Waals surface area contributed by atoms with Crippen molar-refractivity contribution < 1.29 is 13.7 Å². The average molecular weight is 314 g/mol. The highest BCUT2D eigenvalue weighted by molar-refractivity contribution is 14.1. The number of pyridine rings is 1. The molecule has 0 N–H and O–H groups in total. The number of aromatic nitrogens is 1. The van der Waals surface area contributed by atoms with Crippen LogP contribution in [0.4, 0.5) is 14.5 Å². The number of rotatable bonds is 2. The van der Waals surface area contributed by atoms with Gasteiger partial charge in [-0.3, -0.25) is 10.1 Å². The molecule has 0 aliphatic rings. The summed E-state index contributed by atoms with van der Waals surface area (Å²) in [5.74, 6) is 0. The second kappa shape index (κ2) is 4.11. The van der Waals surface area contributed by atoms with E-state index in [1.807, 2.05) is 0 Å². The van der Waals surface area contributed by atoms with E-state index in [0.717, 1.165) is 6.07 Å². The molecular weight excluding hydrogens is 309 g/mol. The van der Waals surface area contributed by atoms with Crippen molar-refractivity contribution in [3.8, 4) is 0 Å². The lowest BCUT2D eigenvalue weighted by Gasteiger charge is -2.04. The molecule has 1 heterocycles. The maximum absolute atomic E-state index is 12.4. The summed E-state index contributed by atoms with van der Waals surface area (Å²) in [7, 11) is 0. The maximum atomic E-state index is 12.4. The predicted molar refractivity (Wildman–Crippen MR) is 53.3 cm³/mol. The van der Waals surface area contributed by atoms with E-state index in [2.05, 4.69) is 4.98 Å². The third-order valence-corrected chi connectivity index (χ3v) is 2.36. The molecular formula is C7H5F2IN2O2. The molecule has 14 heavy (non-hydrogen) atoms. The Hall–Kier alpha value is -0.860. The summed E-state index contributed by atoms with van der Waals surface area (Å²) < 4.78 is 24.8. The Morgan fingerprint density at radius 3 is 2.64 bits per heavy atom. The van der Waals surface area contributed by atoms with Gasteiger partial charge in [-0.15, -0.1) is 0 Å². The number of alkyl halides is 2. The molecule has 1 aromatic rings. The summed E-state index contributed by atoms with van der Waals surface area (Å²) in [4.78, 5) is 13.4. The summed E-state index contributed by atoms with van der Waals surface area (Å²) in [5.41, 5.74) is -0.830. The van der Waals surface area contributed by atoms with Gasteiger partial charge >= 0.3 is 0 Å². The molecule has 0 amide bonds. The first-order chi connectivity index (χ1) is 6.43. The molecule has 0 fully saturated rings. The molecule has 0 unspecified atom stereocenters. The molecule has 1 rings (SSSR count). The van der Waals surface area contributed by atoms with Crippen LogP contribution in [0.5, 0.6) is 0 Å². The Kier molecular flexibility index (Phi) is 3.29. The van der Waals surface area contributed by atoms with Crippen LogP contribution in [-0.4, -0.2) is 9.91 Å². The second-order valence-electron chi connectivity index (χ2n) is 2.55. The van der Waals surface area contributed by atoms with E-state index in [4.69, 9.17) is 0 Å². The first-order valence-corrected chi connectivity index (χ1v) is 4.61. The van der Waals surface area contributed by atoms with Gasteiger partial charge in [-0.05, 0) is 29.5 Å². The van der Waals surface area contributed by atoms with Gasteiger partial charge in [0, 0.05) is 11.8 Å². The van der Waals surface area contributed by atoms with E-state index in [9.17, 15) is 18.9 Å². The third-order valence-electron chi connectivity index (χ3n) is 1.53. The van der Waals surface area contributed by atoms with Gasteiger partial charge in [0.25, 0.3) is 12.1 Å². The number of halogens is 3. The topological polar surface area (TPSA) is 56.0 Å². The molecule has 1 aromatic heterocycles. The SMILES string of the molecule is Cc1cc([N+](=O)[O-])c(C(F)F)c(I)n1. The fourth-order valence-corrected chi connectivity index (χ4v) is 1.87. The molecule has 0 aliphatic heterocycles. The minimum absolute atomic E-state index is 0.0238. The highest BCUT2D eigenvalue weighted by Crippen LogP contribution is 2.32. The van der Waals surface area contributed by atoms with Crippen LogP contribution in [0.2, 0.25) is 0 Å². The molecule has 0 atom stereocenters. The minimum atomic E-state index is -2.88. The van der Waals surface area contributed by atoms with E-state index in [1.54, 1.807) is 22.6 Å². The predicted octanol–water partition coefficient (Wildman–Crippen LogP) is 2.84. The average Bonchev–Trinajstić information content (AvgIpc) is 2.01. The Balaban J connectivity index is 3.44. The molecule has 0 radical (unpaired) electrons. The second-order valence-corrected chi connectivity index (χ2v) is 3.57. The Morgan fingerprint density at radius 1 is 1.64 bits per heavy atom. The fourth-order valence-electron chi connectivity index (χ4n) is 0.982. The van der Waals surface area contributed by atoms with Gasteiger partial charge in [0.1, 0.15) is 9.26 Å². The smallest absolute Gasteiger partial charge is 0.258 e. The van der Waals surface area contributed by atoms with Crippen LogP contribution in [0.25, 0.3) is 0 Å². The van der Waals surface area contributed by atoms with Crippen LogP contribution < -0.4 is 0 Å². The summed E-state index contributed by atoms with van der Waals surface area (Å²) in [6, 6.07) is 1.05. The molecule has 0 saturated carbocycles. The molecule has 76 valence electrons. The van der Waals surface area contributed by atoms with Crippen molar-refractivity contribution in [1.29, 1.82) is 0 Å². The Bertz CT molecular complexity index is 384. The lowest BCUT2D eigenvalue weighted by molar-refractivity contribution is -0.386. The largest absolute Gasteiger partial charge is 0.282 e. The van der Waals surface area contributed by atoms with E-state index >= 15 is 0 Å². The first-order valence-electron chi connectivity index (χ1n) is 3.53. The van der Waals surface area contributed by atoms with Gasteiger partial charge in [-0.25, -0.2) is 13.8 Å². The number of nitrogens with zero attached hydrogens (tertiary/aromatic N) is 2. The molecule has 0 aromatic carbocycles. The maximum Gasteiger partial charge on any atom is 0.282 e. The number of aryl methyl sites for hydroxylation is 1. The van der Waals surface area contributed by atoms with E-state index in [0.29, 0.717) is 5.69 Å². The zero-order valence-corrected chi connectivity index (χ0v) is 9.16. The zero-order valence-electron chi connectivity index (χ0n) is 7.00. The minimum Gasteiger partial charge on any atom is -0.258 e. The number of nitro groups is 1. The van der Waals surface area contributed by atoms with E-state index in [1.165, 1.54) is 6.92 Å². The molecule has 0 saturated heterocycles. The summed E-state index contributed by atoms with van der Waals surface area (Å²) in [5, 5.41) is 10.5. The Labute approximate surface area is 91.6 Å². The van der Waals surface area contributed by atoms with Gasteiger partial charge in [-0.1, -0.05) is 0 Å². The van der Waals surface area contributed by atoms with Gasteiger partial charge in [-0.2, -0.15) is 0 Å². The lowest BCUT2D eigenvalue weighted by Crippen LogP contribution is -2.02. The van der Waals surface area contributed by atoms with Crippen LogP contribution in [0.15, 0.2) is 6.07 Å². The molecule has 4 nitrogen and oxygen atoms in total. The lowest BCUT2D eigenvalue weighted by atomic mass is 10.2. The van der Waals surface area contributed by atoms with Crippen LogP contribution in [0.3, 0.4) is 0 Å². The molecule has 7 heteroatoms. The third kappa shape index (κ3) is 2.14. The number of hydrogen-bond acceptors (Lipinski definition) is 3. The van der Waals surface area contributed by atoms with Gasteiger partial charge in [0.05, 0.1) is 4.92 Å². The highest BCUT2D eigenvalue weighted by atomic mass is 127. The summed E-state index contributed by atoms with van der Waals surface area (Å²) in [6.45, 7) is 1.52. The van der Waals surface area contributed by atoms with Crippen LogP contribution >= 0.6 is 22.6 Å². The highest BCUT2D eigenvalue weighted by Gasteiger charge is 2.26. The van der Waals surface area contributed by atoms with Crippen molar-refractivity contribution in [3.05, 3.63) is 31.1 Å².